The third-order valence-corrected chi connectivity index (χ3v) is 2.17. The fourth-order valence-electron chi connectivity index (χ4n) is 0.809. The maximum absolute atomic E-state index is 11.0. The molecule has 0 aliphatic rings. The number of carbonyl (C=O) groups is 2. The molecule has 8 heteroatoms. The second kappa shape index (κ2) is 10.9. The van der Waals surface area contributed by atoms with Crippen LogP contribution >= 0.6 is 11.8 Å². The van der Waals surface area contributed by atoms with Crippen molar-refractivity contribution in [3.8, 4) is 0 Å². The Morgan fingerprint density at radius 1 is 1.41 bits per heavy atom. The number of thioether (sulfide) groups is 1. The molecule has 0 saturated heterocycles. The molecule has 0 radical (unpaired) electrons. The van der Waals surface area contributed by atoms with Gasteiger partial charge in [-0.15, -0.1) is 0 Å². The van der Waals surface area contributed by atoms with E-state index in [1.807, 2.05) is 0 Å². The van der Waals surface area contributed by atoms with Gasteiger partial charge >= 0.3 is 43.7 Å². The van der Waals surface area contributed by atoms with Gasteiger partial charge in [0.1, 0.15) is 6.04 Å². The van der Waals surface area contributed by atoms with E-state index < -0.39 is 23.9 Å². The van der Waals surface area contributed by atoms with Crippen LogP contribution in [-0.4, -0.2) is 78.7 Å². The number of carbonyl (C=O) groups excluding carboxylic acids is 1. The predicted octanol–water partition coefficient (Wildman–Crippen LogP) is -2.12. The molecule has 6 nitrogen and oxygen atoms in total. The Balaban J connectivity index is 0. The van der Waals surface area contributed by atoms with Gasteiger partial charge in [-0.05, 0) is 30.4 Å². The minimum absolute atomic E-state index is 0. The van der Waals surface area contributed by atoms with Crippen molar-refractivity contribution in [2.24, 2.45) is 4.99 Å². The van der Waals surface area contributed by atoms with E-state index >= 15 is 0 Å². The van der Waals surface area contributed by atoms with Gasteiger partial charge in [0.25, 0.3) is 0 Å². The molecule has 1 N–H and O–H groups in total. The fraction of sp³-hybridized carbons (Fsp3) is 0.444. The number of carboxylic acids is 2. The molecule has 0 aliphatic heterocycles. The summed E-state index contributed by atoms with van der Waals surface area (Å²) >= 11 is 1.44. The summed E-state index contributed by atoms with van der Waals surface area (Å²) in [4.78, 5) is 24.0. The van der Waals surface area contributed by atoms with Crippen molar-refractivity contribution in [2.75, 3.05) is 12.0 Å². The van der Waals surface area contributed by atoms with Crippen LogP contribution in [0.3, 0.4) is 0 Å². The zero-order chi connectivity index (χ0) is 12.6. The molecule has 0 aromatic rings. The number of aliphatic imine (C=N–C) groups is 1. The Labute approximate surface area is 133 Å². The molecular formula is C9H11CaNO5S. The van der Waals surface area contributed by atoms with Gasteiger partial charge in [-0.1, -0.05) is 6.08 Å². The first-order valence-corrected chi connectivity index (χ1v) is 5.72. The number of carboxylic acid groups (broad SMARTS) is 2. The smallest absolute Gasteiger partial charge is 0.859 e. The second-order valence-electron chi connectivity index (χ2n) is 2.76. The van der Waals surface area contributed by atoms with Crippen LogP contribution in [0.15, 0.2) is 17.1 Å². The van der Waals surface area contributed by atoms with Crippen molar-refractivity contribution < 1.29 is 24.9 Å². The Kier molecular flexibility index (Phi) is 12.2. The third kappa shape index (κ3) is 10.6. The Bertz CT molecular complexity index is 319. The van der Waals surface area contributed by atoms with Crippen LogP contribution in [0, 0.1) is 0 Å². The average Bonchev–Trinajstić information content (AvgIpc) is 2.20. The minimum atomic E-state index is -1.53. The summed E-state index contributed by atoms with van der Waals surface area (Å²) in [6.07, 6.45) is 3.21. The summed E-state index contributed by atoms with van der Waals surface area (Å²) in [6, 6.07) is -1.13. The maximum Gasteiger partial charge on any atom is 2.00 e. The topological polar surface area (TPSA) is 113 Å². The molecule has 0 aromatic carbocycles. The molecule has 0 amide bonds. The van der Waals surface area contributed by atoms with Crippen LogP contribution in [-0.2, 0) is 9.59 Å². The molecule has 0 saturated carbocycles. The van der Waals surface area contributed by atoms with Gasteiger partial charge in [0, 0.05) is 0 Å². The first kappa shape index (κ1) is 19.1. The molecular weight excluding hydrogens is 274 g/mol. The molecule has 0 unspecified atom stereocenters. The van der Waals surface area contributed by atoms with Gasteiger partial charge in [-0.25, -0.2) is 4.79 Å². The zero-order valence-electron chi connectivity index (χ0n) is 9.29. The van der Waals surface area contributed by atoms with Gasteiger partial charge < -0.3 is 20.1 Å². The molecule has 1 atom stereocenters. The number of hydrogen-bond acceptors (Lipinski definition) is 6. The van der Waals surface area contributed by atoms with E-state index in [2.05, 4.69) is 4.99 Å². The van der Waals surface area contributed by atoms with Crippen molar-refractivity contribution in [3.05, 3.63) is 12.2 Å². The summed E-state index contributed by atoms with van der Waals surface area (Å²) in [7, 11) is 0. The molecule has 0 aliphatic carbocycles. The van der Waals surface area contributed by atoms with Crippen molar-refractivity contribution in [1.29, 1.82) is 0 Å². The molecule has 0 fully saturated rings. The standard InChI is InChI=1S/C9H13NO5S.Ca/c1-16-5-4-6(9(14)15)10-7(11)2-3-8(12)13;/h2-3,6H,4-5H2,1H3,(H,10,11)(H,12,13)(H,14,15);/q;+2/p-2/b3-2-;/t6-;/m0./s1. The van der Waals surface area contributed by atoms with E-state index in [1.54, 1.807) is 6.26 Å². The summed E-state index contributed by atoms with van der Waals surface area (Å²) in [5.41, 5.74) is 0. The number of hydrogen-bond donors (Lipinski definition) is 1. The van der Waals surface area contributed by atoms with Crippen LogP contribution in [0.2, 0.25) is 0 Å². The summed E-state index contributed by atoms with van der Waals surface area (Å²) in [5.74, 6) is -3.07. The van der Waals surface area contributed by atoms with Gasteiger partial charge in [0.05, 0.1) is 5.97 Å². The van der Waals surface area contributed by atoms with Crippen LogP contribution in [0.25, 0.3) is 0 Å². The van der Waals surface area contributed by atoms with Crippen LogP contribution < -0.4 is 10.2 Å². The van der Waals surface area contributed by atoms with E-state index in [-0.39, 0.29) is 44.2 Å². The van der Waals surface area contributed by atoms with E-state index in [9.17, 15) is 19.8 Å². The average molecular weight is 285 g/mol. The second-order valence-corrected chi connectivity index (χ2v) is 3.74. The van der Waals surface area contributed by atoms with Gasteiger partial charge in [0.15, 0.2) is 0 Å². The predicted molar refractivity (Wildman–Crippen MR) is 61.8 cm³/mol. The van der Waals surface area contributed by atoms with Crippen molar-refractivity contribution in [1.82, 2.24) is 0 Å². The summed E-state index contributed by atoms with van der Waals surface area (Å²) in [5, 5.41) is 29.7. The summed E-state index contributed by atoms with van der Waals surface area (Å²) < 4.78 is 0. The van der Waals surface area contributed by atoms with Gasteiger partial charge in [-0.3, -0.25) is 4.99 Å². The largest absolute Gasteiger partial charge is 2.00 e. The van der Waals surface area contributed by atoms with Crippen LogP contribution in [0.5, 0.6) is 0 Å². The first-order valence-electron chi connectivity index (χ1n) is 4.33. The van der Waals surface area contributed by atoms with Crippen LogP contribution in [0.4, 0.5) is 0 Å². The maximum atomic E-state index is 11.0. The molecule has 0 bridgehead atoms. The number of nitrogens with zero attached hydrogens (tertiary/aromatic N) is 1. The fourth-order valence-corrected chi connectivity index (χ4v) is 1.27. The van der Waals surface area contributed by atoms with Crippen molar-refractivity contribution in [3.63, 3.8) is 0 Å². The Morgan fingerprint density at radius 3 is 2.41 bits per heavy atom. The number of rotatable bonds is 7. The molecule has 90 valence electrons. The normalized spacial score (nSPS) is 13.1. The quantitative estimate of drug-likeness (QED) is 0.247. The van der Waals surface area contributed by atoms with Gasteiger partial charge in [-0.2, -0.15) is 11.8 Å². The summed E-state index contributed by atoms with van der Waals surface area (Å²) in [6.45, 7) is 0. The van der Waals surface area contributed by atoms with E-state index in [4.69, 9.17) is 5.11 Å². The molecule has 17 heavy (non-hydrogen) atoms. The molecule has 0 aromatic heterocycles. The minimum Gasteiger partial charge on any atom is -0.859 e. The van der Waals surface area contributed by atoms with E-state index in [0.717, 1.165) is 0 Å². The zero-order valence-corrected chi connectivity index (χ0v) is 12.3. The SMILES string of the molecule is CSCC[C@H](N=C([O-])/C=C\C(=O)[O-])C(=O)O.[Ca+2]. The van der Waals surface area contributed by atoms with E-state index in [0.29, 0.717) is 17.9 Å². The van der Waals surface area contributed by atoms with Crippen LogP contribution in [0.1, 0.15) is 6.42 Å². The third-order valence-electron chi connectivity index (χ3n) is 1.53. The van der Waals surface area contributed by atoms with Crippen molar-refractivity contribution in [2.45, 2.75) is 12.5 Å². The monoisotopic (exact) mass is 285 g/mol. The Morgan fingerprint density at radius 2 is 2.00 bits per heavy atom. The molecule has 0 heterocycles. The van der Waals surface area contributed by atoms with E-state index in [1.165, 1.54) is 11.8 Å². The number of aliphatic carboxylic acids is 2. The molecule has 0 rings (SSSR count). The van der Waals surface area contributed by atoms with Gasteiger partial charge in [0.2, 0.25) is 0 Å². The van der Waals surface area contributed by atoms with Crippen molar-refractivity contribution >= 4 is 67.3 Å². The first-order chi connectivity index (χ1) is 7.47. The molecule has 0 spiro atoms. The Hall–Kier alpha value is -0.240.